The predicted octanol–water partition coefficient (Wildman–Crippen LogP) is 2.66. The molecule has 0 N–H and O–H groups in total. The summed E-state index contributed by atoms with van der Waals surface area (Å²) in [4.78, 5) is 11.2. The Morgan fingerprint density at radius 2 is 1.77 bits per heavy atom. The Bertz CT molecular complexity index is 139. The van der Waals surface area contributed by atoms with Crippen LogP contribution in [0.3, 0.4) is 0 Å². The highest BCUT2D eigenvalue weighted by Crippen LogP contribution is 2.02. The van der Waals surface area contributed by atoms with Crippen LogP contribution in [0.15, 0.2) is 0 Å². The molecule has 0 amide bonds. The van der Waals surface area contributed by atoms with E-state index in [1.54, 1.807) is 0 Å². The number of carbonyl (C=O) groups is 1. The molecule has 0 aromatic carbocycles. The molecule has 0 spiro atoms. The molecule has 0 saturated heterocycles. The molecule has 2 heteroatoms. The molecule has 0 heterocycles. The Hall–Kier alpha value is -0.370. The van der Waals surface area contributed by atoms with Gasteiger partial charge >= 0.3 is 0 Å². The van der Waals surface area contributed by atoms with Crippen LogP contribution in [0.25, 0.3) is 0 Å². The first kappa shape index (κ1) is 12.6. The van der Waals surface area contributed by atoms with Gasteiger partial charge in [0.1, 0.15) is 6.61 Å². The molecule has 0 bridgehead atoms. The van der Waals surface area contributed by atoms with Crippen LogP contribution in [0.1, 0.15) is 40.5 Å². The topological polar surface area (TPSA) is 26.3 Å². The van der Waals surface area contributed by atoms with Gasteiger partial charge in [0, 0.05) is 13.0 Å². The monoisotopic (exact) mass is 186 g/mol. The molecule has 0 saturated carbocycles. The third kappa shape index (κ3) is 9.54. The van der Waals surface area contributed by atoms with Gasteiger partial charge in [-0.1, -0.05) is 27.7 Å². The standard InChI is InChI=1S/C11H22O2/c1-9(2)5-6-13-8-11(12)7-10(3)4/h9-10H,5-8H2,1-4H3. The quantitative estimate of drug-likeness (QED) is 0.571. The Kier molecular flexibility index (Phi) is 6.87. The molecule has 0 radical (unpaired) electrons. The van der Waals surface area contributed by atoms with E-state index in [0.29, 0.717) is 31.5 Å². The summed E-state index contributed by atoms with van der Waals surface area (Å²) < 4.78 is 5.26. The van der Waals surface area contributed by atoms with Crippen LogP contribution in [0, 0.1) is 11.8 Å². The van der Waals surface area contributed by atoms with Gasteiger partial charge in [-0.3, -0.25) is 4.79 Å². The molecule has 0 aromatic rings. The highest BCUT2D eigenvalue weighted by Gasteiger charge is 2.04. The van der Waals surface area contributed by atoms with Gasteiger partial charge in [0.2, 0.25) is 0 Å². The largest absolute Gasteiger partial charge is 0.374 e. The minimum Gasteiger partial charge on any atom is -0.374 e. The summed E-state index contributed by atoms with van der Waals surface area (Å²) in [5.74, 6) is 1.32. The zero-order chi connectivity index (χ0) is 10.3. The lowest BCUT2D eigenvalue weighted by atomic mass is 10.1. The van der Waals surface area contributed by atoms with Crippen molar-refractivity contribution < 1.29 is 9.53 Å². The summed E-state index contributed by atoms with van der Waals surface area (Å²) in [6.45, 7) is 9.41. The third-order valence-electron chi connectivity index (χ3n) is 1.74. The minimum atomic E-state index is 0.221. The number of ketones is 1. The molecule has 13 heavy (non-hydrogen) atoms. The van der Waals surface area contributed by atoms with Crippen molar-refractivity contribution in [1.82, 2.24) is 0 Å². The van der Waals surface area contributed by atoms with Crippen LogP contribution in [0.4, 0.5) is 0 Å². The molecule has 2 nitrogen and oxygen atoms in total. The third-order valence-corrected chi connectivity index (χ3v) is 1.74. The number of ether oxygens (including phenoxy) is 1. The highest BCUT2D eigenvalue weighted by molar-refractivity contribution is 5.79. The Labute approximate surface area is 81.7 Å². The fourth-order valence-corrected chi connectivity index (χ4v) is 1.02. The van der Waals surface area contributed by atoms with Gasteiger partial charge in [-0.15, -0.1) is 0 Å². The van der Waals surface area contributed by atoms with Gasteiger partial charge in [-0.2, -0.15) is 0 Å². The van der Waals surface area contributed by atoms with E-state index in [0.717, 1.165) is 6.42 Å². The van der Waals surface area contributed by atoms with Crippen molar-refractivity contribution in [3.63, 3.8) is 0 Å². The van der Waals surface area contributed by atoms with E-state index in [1.165, 1.54) is 0 Å². The smallest absolute Gasteiger partial charge is 0.158 e. The van der Waals surface area contributed by atoms with Crippen molar-refractivity contribution >= 4 is 5.78 Å². The van der Waals surface area contributed by atoms with Crippen LogP contribution in [0.5, 0.6) is 0 Å². The summed E-state index contributed by atoms with van der Waals surface area (Å²) in [6, 6.07) is 0. The lowest BCUT2D eigenvalue weighted by molar-refractivity contribution is -0.124. The van der Waals surface area contributed by atoms with E-state index in [-0.39, 0.29) is 5.78 Å². The van der Waals surface area contributed by atoms with Crippen LogP contribution in [-0.4, -0.2) is 19.0 Å². The number of hydrogen-bond donors (Lipinski definition) is 0. The first-order valence-corrected chi connectivity index (χ1v) is 5.11. The van der Waals surface area contributed by atoms with Crippen LogP contribution in [0.2, 0.25) is 0 Å². The summed E-state index contributed by atoms with van der Waals surface area (Å²) >= 11 is 0. The second-order valence-corrected chi connectivity index (χ2v) is 4.37. The highest BCUT2D eigenvalue weighted by atomic mass is 16.5. The van der Waals surface area contributed by atoms with Crippen molar-refractivity contribution in [2.45, 2.75) is 40.5 Å². The molecule has 0 aromatic heterocycles. The van der Waals surface area contributed by atoms with Gasteiger partial charge in [-0.25, -0.2) is 0 Å². The molecular formula is C11H22O2. The molecule has 0 aliphatic heterocycles. The average molecular weight is 186 g/mol. The number of rotatable bonds is 7. The minimum absolute atomic E-state index is 0.221. The zero-order valence-corrected chi connectivity index (χ0v) is 9.30. The van der Waals surface area contributed by atoms with E-state index in [1.807, 2.05) is 13.8 Å². The number of Topliss-reactive ketones (excluding diaryl/α,β-unsaturated/α-hetero) is 1. The van der Waals surface area contributed by atoms with Crippen LogP contribution < -0.4 is 0 Å². The van der Waals surface area contributed by atoms with E-state index in [9.17, 15) is 4.79 Å². The Balaban J connectivity index is 3.27. The van der Waals surface area contributed by atoms with Gasteiger partial charge in [0.15, 0.2) is 5.78 Å². The molecule has 0 unspecified atom stereocenters. The van der Waals surface area contributed by atoms with Crippen molar-refractivity contribution in [3.8, 4) is 0 Å². The Morgan fingerprint density at radius 3 is 2.23 bits per heavy atom. The zero-order valence-electron chi connectivity index (χ0n) is 9.30. The first-order valence-electron chi connectivity index (χ1n) is 5.11. The fourth-order valence-electron chi connectivity index (χ4n) is 1.02. The molecule has 0 fully saturated rings. The van der Waals surface area contributed by atoms with E-state index in [4.69, 9.17) is 4.74 Å². The van der Waals surface area contributed by atoms with E-state index >= 15 is 0 Å². The average Bonchev–Trinajstić information content (AvgIpc) is 1.96. The van der Waals surface area contributed by atoms with Crippen molar-refractivity contribution in [3.05, 3.63) is 0 Å². The van der Waals surface area contributed by atoms with Crippen molar-refractivity contribution in [2.75, 3.05) is 13.2 Å². The van der Waals surface area contributed by atoms with Crippen molar-refractivity contribution in [1.29, 1.82) is 0 Å². The van der Waals surface area contributed by atoms with Gasteiger partial charge in [0.25, 0.3) is 0 Å². The van der Waals surface area contributed by atoms with Crippen LogP contribution >= 0.6 is 0 Å². The maximum atomic E-state index is 11.2. The molecule has 0 aliphatic rings. The van der Waals surface area contributed by atoms with E-state index < -0.39 is 0 Å². The van der Waals surface area contributed by atoms with Gasteiger partial charge < -0.3 is 4.74 Å². The maximum absolute atomic E-state index is 11.2. The molecule has 0 rings (SSSR count). The van der Waals surface area contributed by atoms with E-state index in [2.05, 4.69) is 13.8 Å². The normalized spacial score (nSPS) is 11.2. The summed E-state index contributed by atoms with van der Waals surface area (Å²) in [6.07, 6.45) is 1.68. The second kappa shape index (κ2) is 7.07. The van der Waals surface area contributed by atoms with Crippen LogP contribution in [-0.2, 0) is 9.53 Å². The SMILES string of the molecule is CC(C)CCOCC(=O)CC(C)C. The summed E-state index contributed by atoms with van der Waals surface area (Å²) in [5.41, 5.74) is 0. The molecule has 0 aliphatic carbocycles. The molecule has 0 atom stereocenters. The Morgan fingerprint density at radius 1 is 1.15 bits per heavy atom. The number of hydrogen-bond acceptors (Lipinski definition) is 2. The summed E-state index contributed by atoms with van der Waals surface area (Å²) in [7, 11) is 0. The summed E-state index contributed by atoms with van der Waals surface area (Å²) in [5, 5.41) is 0. The lowest BCUT2D eigenvalue weighted by Gasteiger charge is -2.06. The lowest BCUT2D eigenvalue weighted by Crippen LogP contribution is -2.12. The maximum Gasteiger partial charge on any atom is 0.158 e. The van der Waals surface area contributed by atoms with Crippen molar-refractivity contribution in [2.24, 2.45) is 11.8 Å². The molecular weight excluding hydrogens is 164 g/mol. The molecule has 78 valence electrons. The first-order chi connectivity index (χ1) is 6.02. The fraction of sp³-hybridized carbons (Fsp3) is 0.909. The van der Waals surface area contributed by atoms with Gasteiger partial charge in [-0.05, 0) is 18.3 Å². The number of carbonyl (C=O) groups excluding carboxylic acids is 1. The second-order valence-electron chi connectivity index (χ2n) is 4.37. The van der Waals surface area contributed by atoms with Gasteiger partial charge in [0.05, 0.1) is 0 Å². The predicted molar refractivity (Wildman–Crippen MR) is 54.7 cm³/mol.